The fourth-order valence-electron chi connectivity index (χ4n) is 1.86. The van der Waals surface area contributed by atoms with Crippen molar-refractivity contribution in [3.8, 4) is 0 Å². The SMILES string of the molecule is NCC1(C(=O)NCc2cccc(C(=O)O)c2)CC1. The first-order valence-corrected chi connectivity index (χ1v) is 5.88. The predicted molar refractivity (Wildman–Crippen MR) is 66.0 cm³/mol. The summed E-state index contributed by atoms with van der Waals surface area (Å²) in [5.74, 6) is -1.01. The molecule has 1 fully saturated rings. The highest BCUT2D eigenvalue weighted by molar-refractivity contribution is 5.88. The molecule has 0 atom stereocenters. The van der Waals surface area contributed by atoms with Crippen molar-refractivity contribution >= 4 is 11.9 Å². The van der Waals surface area contributed by atoms with Gasteiger partial charge in [0.2, 0.25) is 5.91 Å². The van der Waals surface area contributed by atoms with E-state index in [-0.39, 0.29) is 16.9 Å². The maximum Gasteiger partial charge on any atom is 0.335 e. The molecular formula is C13H16N2O3. The summed E-state index contributed by atoms with van der Waals surface area (Å²) in [5.41, 5.74) is 6.19. The smallest absolute Gasteiger partial charge is 0.335 e. The lowest BCUT2D eigenvalue weighted by molar-refractivity contribution is -0.126. The molecule has 5 heteroatoms. The van der Waals surface area contributed by atoms with Crippen molar-refractivity contribution in [1.82, 2.24) is 5.32 Å². The Morgan fingerprint density at radius 2 is 2.11 bits per heavy atom. The predicted octanol–water partition coefficient (Wildman–Crippen LogP) is 0.740. The van der Waals surface area contributed by atoms with Gasteiger partial charge in [0.25, 0.3) is 0 Å². The molecule has 1 aliphatic carbocycles. The lowest BCUT2D eigenvalue weighted by Gasteiger charge is -2.12. The number of amides is 1. The number of carboxylic acid groups (broad SMARTS) is 1. The van der Waals surface area contributed by atoms with E-state index in [1.807, 2.05) is 0 Å². The van der Waals surface area contributed by atoms with Crippen molar-refractivity contribution in [2.75, 3.05) is 6.54 Å². The van der Waals surface area contributed by atoms with Crippen molar-refractivity contribution in [2.45, 2.75) is 19.4 Å². The lowest BCUT2D eigenvalue weighted by atomic mass is 10.1. The van der Waals surface area contributed by atoms with Gasteiger partial charge in [-0.15, -0.1) is 0 Å². The molecule has 5 nitrogen and oxygen atoms in total. The van der Waals surface area contributed by atoms with E-state index in [1.165, 1.54) is 6.07 Å². The fraction of sp³-hybridized carbons (Fsp3) is 0.385. The first kappa shape index (κ1) is 12.6. The summed E-state index contributed by atoms with van der Waals surface area (Å²) in [4.78, 5) is 22.6. The number of nitrogens with one attached hydrogen (secondary N) is 1. The zero-order valence-corrected chi connectivity index (χ0v) is 9.98. The molecule has 1 aliphatic rings. The largest absolute Gasteiger partial charge is 0.478 e. The van der Waals surface area contributed by atoms with E-state index in [2.05, 4.69) is 5.32 Å². The molecule has 96 valence electrons. The van der Waals surface area contributed by atoms with Crippen LogP contribution in [0, 0.1) is 5.41 Å². The average Bonchev–Trinajstić information content (AvgIpc) is 3.17. The van der Waals surface area contributed by atoms with Gasteiger partial charge in [0.05, 0.1) is 11.0 Å². The van der Waals surface area contributed by atoms with Crippen molar-refractivity contribution in [2.24, 2.45) is 11.1 Å². The van der Waals surface area contributed by atoms with Gasteiger partial charge in [-0.25, -0.2) is 4.79 Å². The molecule has 1 aromatic carbocycles. The molecule has 0 unspecified atom stereocenters. The summed E-state index contributed by atoms with van der Waals surface area (Å²) in [7, 11) is 0. The molecule has 0 aliphatic heterocycles. The number of carbonyl (C=O) groups is 2. The Hall–Kier alpha value is -1.88. The first-order chi connectivity index (χ1) is 8.57. The van der Waals surface area contributed by atoms with E-state index in [0.29, 0.717) is 13.1 Å². The molecule has 18 heavy (non-hydrogen) atoms. The number of hydrogen-bond donors (Lipinski definition) is 3. The van der Waals surface area contributed by atoms with Gasteiger partial charge >= 0.3 is 5.97 Å². The molecule has 0 bridgehead atoms. The molecular weight excluding hydrogens is 232 g/mol. The van der Waals surface area contributed by atoms with Gasteiger partial charge in [-0.05, 0) is 30.5 Å². The Morgan fingerprint density at radius 1 is 1.39 bits per heavy atom. The summed E-state index contributed by atoms with van der Waals surface area (Å²) in [6.45, 7) is 0.704. The molecule has 1 saturated carbocycles. The van der Waals surface area contributed by atoms with Gasteiger partial charge in [0.15, 0.2) is 0 Å². The van der Waals surface area contributed by atoms with Crippen molar-refractivity contribution in [3.05, 3.63) is 35.4 Å². The van der Waals surface area contributed by atoms with Gasteiger partial charge < -0.3 is 16.2 Å². The zero-order chi connectivity index (χ0) is 13.2. The quantitative estimate of drug-likeness (QED) is 0.716. The van der Waals surface area contributed by atoms with Crippen LogP contribution in [0.1, 0.15) is 28.8 Å². The fourth-order valence-corrected chi connectivity index (χ4v) is 1.86. The highest BCUT2D eigenvalue weighted by Crippen LogP contribution is 2.44. The van der Waals surface area contributed by atoms with Gasteiger partial charge in [-0.1, -0.05) is 12.1 Å². The van der Waals surface area contributed by atoms with Crippen molar-refractivity contribution < 1.29 is 14.7 Å². The highest BCUT2D eigenvalue weighted by Gasteiger charge is 2.48. The number of hydrogen-bond acceptors (Lipinski definition) is 3. The second-order valence-electron chi connectivity index (χ2n) is 4.67. The molecule has 2 rings (SSSR count). The number of rotatable bonds is 5. The Balaban J connectivity index is 1.96. The summed E-state index contributed by atoms with van der Waals surface area (Å²) in [5, 5.41) is 11.7. The number of nitrogens with two attached hydrogens (primary N) is 1. The molecule has 0 radical (unpaired) electrons. The standard InChI is InChI=1S/C13H16N2O3/c14-8-13(4-5-13)12(18)15-7-9-2-1-3-10(6-9)11(16)17/h1-3,6H,4-5,7-8,14H2,(H,15,18)(H,16,17). The van der Waals surface area contributed by atoms with Gasteiger partial charge in [0, 0.05) is 13.1 Å². The van der Waals surface area contributed by atoms with Crippen LogP contribution >= 0.6 is 0 Å². The minimum atomic E-state index is -0.969. The Morgan fingerprint density at radius 3 is 2.67 bits per heavy atom. The van der Waals surface area contributed by atoms with Gasteiger partial charge in [-0.3, -0.25) is 4.79 Å². The minimum Gasteiger partial charge on any atom is -0.478 e. The molecule has 0 saturated heterocycles. The number of carboxylic acids is 1. The summed E-state index contributed by atoms with van der Waals surface area (Å²) in [6.07, 6.45) is 1.68. The number of benzene rings is 1. The van der Waals surface area contributed by atoms with Crippen molar-refractivity contribution in [3.63, 3.8) is 0 Å². The molecule has 4 N–H and O–H groups in total. The van der Waals surface area contributed by atoms with Crippen LogP contribution < -0.4 is 11.1 Å². The second kappa shape index (κ2) is 4.78. The van der Waals surface area contributed by atoms with Crippen LogP contribution in [0.25, 0.3) is 0 Å². The third-order valence-electron chi connectivity index (χ3n) is 3.35. The lowest BCUT2D eigenvalue weighted by Crippen LogP contribution is -2.36. The summed E-state index contributed by atoms with van der Waals surface area (Å²) in [6, 6.07) is 6.54. The Labute approximate surface area is 105 Å². The van der Waals surface area contributed by atoms with E-state index >= 15 is 0 Å². The maximum atomic E-state index is 11.8. The molecule has 1 amide bonds. The van der Waals surface area contributed by atoms with Crippen LogP contribution in [0.4, 0.5) is 0 Å². The maximum absolute atomic E-state index is 11.8. The van der Waals surface area contributed by atoms with Crippen LogP contribution in [0.3, 0.4) is 0 Å². The first-order valence-electron chi connectivity index (χ1n) is 5.88. The van der Waals surface area contributed by atoms with Crippen molar-refractivity contribution in [1.29, 1.82) is 0 Å². The normalized spacial score (nSPS) is 16.1. The van der Waals surface area contributed by atoms with E-state index in [1.54, 1.807) is 18.2 Å². The summed E-state index contributed by atoms with van der Waals surface area (Å²) < 4.78 is 0. The van der Waals surface area contributed by atoms with Crippen LogP contribution in [0.15, 0.2) is 24.3 Å². The number of carbonyl (C=O) groups excluding carboxylic acids is 1. The van der Waals surface area contributed by atoms with Crippen LogP contribution in [0.5, 0.6) is 0 Å². The third kappa shape index (κ3) is 2.51. The minimum absolute atomic E-state index is 0.0364. The Kier molecular flexibility index (Phi) is 3.34. The van der Waals surface area contributed by atoms with Crippen LogP contribution in [-0.2, 0) is 11.3 Å². The zero-order valence-electron chi connectivity index (χ0n) is 9.98. The third-order valence-corrected chi connectivity index (χ3v) is 3.35. The van der Waals surface area contributed by atoms with Gasteiger partial charge in [0.1, 0.15) is 0 Å². The van der Waals surface area contributed by atoms with Gasteiger partial charge in [-0.2, -0.15) is 0 Å². The highest BCUT2D eigenvalue weighted by atomic mass is 16.4. The van der Waals surface area contributed by atoms with E-state index < -0.39 is 5.97 Å². The number of aromatic carboxylic acids is 1. The molecule has 1 aromatic rings. The van der Waals surface area contributed by atoms with Crippen LogP contribution in [-0.4, -0.2) is 23.5 Å². The average molecular weight is 248 g/mol. The Bertz CT molecular complexity index is 481. The monoisotopic (exact) mass is 248 g/mol. The van der Waals surface area contributed by atoms with Crippen LogP contribution in [0.2, 0.25) is 0 Å². The van der Waals surface area contributed by atoms with E-state index in [4.69, 9.17) is 10.8 Å². The summed E-state index contributed by atoms with van der Waals surface area (Å²) >= 11 is 0. The molecule has 0 spiro atoms. The topological polar surface area (TPSA) is 92.4 Å². The molecule has 0 aromatic heterocycles. The van der Waals surface area contributed by atoms with E-state index in [0.717, 1.165) is 18.4 Å². The van der Waals surface area contributed by atoms with E-state index in [9.17, 15) is 9.59 Å². The molecule has 0 heterocycles. The second-order valence-corrected chi connectivity index (χ2v) is 4.67.